The maximum atomic E-state index is 5.56. The van der Waals surface area contributed by atoms with Crippen LogP contribution in [-0.4, -0.2) is 119 Å². The van der Waals surface area contributed by atoms with Crippen LogP contribution in [0.2, 0.25) is 0 Å². The fraction of sp³-hybridized carbons (Fsp3) is 1.00. The lowest BCUT2D eigenvalue weighted by Crippen LogP contribution is -2.15. The van der Waals surface area contributed by atoms with Crippen LogP contribution in [0.1, 0.15) is 78.1 Å². The molecule has 236 valence electrons. The van der Waals surface area contributed by atoms with Crippen molar-refractivity contribution in [2.45, 2.75) is 78.1 Å². The van der Waals surface area contributed by atoms with Crippen molar-refractivity contribution in [1.29, 1.82) is 0 Å². The van der Waals surface area contributed by atoms with Crippen LogP contribution < -0.4 is 0 Å². The first-order valence-electron chi connectivity index (χ1n) is 15.6. The summed E-state index contributed by atoms with van der Waals surface area (Å²) < 4.78 is 49.5. The highest BCUT2D eigenvalue weighted by atomic mass is 16.6. The van der Waals surface area contributed by atoms with E-state index in [9.17, 15) is 0 Å². The first kappa shape index (κ1) is 38.6. The first-order chi connectivity index (χ1) is 19.4. The maximum absolute atomic E-state index is 5.56. The summed E-state index contributed by atoms with van der Waals surface area (Å²) in [5.74, 6) is 0. The van der Waals surface area contributed by atoms with Crippen molar-refractivity contribution in [1.82, 2.24) is 0 Å². The second-order valence-corrected chi connectivity index (χ2v) is 9.34. The monoisotopic (exact) mass is 566 g/mol. The van der Waals surface area contributed by atoms with Gasteiger partial charge in [0.05, 0.1) is 106 Å². The molecular formula is C30H62O9. The van der Waals surface area contributed by atoms with Gasteiger partial charge in [-0.1, -0.05) is 65.2 Å². The molecular weight excluding hydrogens is 504 g/mol. The van der Waals surface area contributed by atoms with Crippen LogP contribution in [0.25, 0.3) is 0 Å². The Bertz CT molecular complexity index is 380. The summed E-state index contributed by atoms with van der Waals surface area (Å²) in [6.45, 7) is 15.3. The molecule has 0 saturated heterocycles. The van der Waals surface area contributed by atoms with Crippen molar-refractivity contribution in [2.75, 3.05) is 119 Å². The number of ether oxygens (including phenoxy) is 9. The van der Waals surface area contributed by atoms with Gasteiger partial charge in [-0.25, -0.2) is 0 Å². The van der Waals surface area contributed by atoms with Gasteiger partial charge in [0.25, 0.3) is 0 Å². The maximum Gasteiger partial charge on any atom is 0.0701 e. The van der Waals surface area contributed by atoms with E-state index in [-0.39, 0.29) is 0 Å². The van der Waals surface area contributed by atoms with E-state index in [0.29, 0.717) is 106 Å². The minimum atomic E-state index is 0.543. The van der Waals surface area contributed by atoms with Crippen molar-refractivity contribution in [3.63, 3.8) is 0 Å². The topological polar surface area (TPSA) is 83.1 Å². The van der Waals surface area contributed by atoms with E-state index in [1.54, 1.807) is 0 Å². The molecule has 0 unspecified atom stereocenters. The van der Waals surface area contributed by atoms with Crippen LogP contribution in [0.15, 0.2) is 0 Å². The molecule has 39 heavy (non-hydrogen) atoms. The van der Waals surface area contributed by atoms with Crippen LogP contribution in [-0.2, 0) is 42.6 Å². The van der Waals surface area contributed by atoms with E-state index in [2.05, 4.69) is 13.8 Å². The van der Waals surface area contributed by atoms with Crippen LogP contribution in [0.4, 0.5) is 0 Å². The molecule has 0 saturated carbocycles. The second kappa shape index (κ2) is 37.6. The molecule has 0 aromatic carbocycles. The lowest BCUT2D eigenvalue weighted by molar-refractivity contribution is -0.0250. The summed E-state index contributed by atoms with van der Waals surface area (Å²) in [5, 5.41) is 0. The fourth-order valence-corrected chi connectivity index (χ4v) is 3.48. The average Bonchev–Trinajstić information content (AvgIpc) is 2.95. The number of hydrogen-bond acceptors (Lipinski definition) is 9. The number of hydrogen-bond donors (Lipinski definition) is 0. The van der Waals surface area contributed by atoms with Crippen molar-refractivity contribution in [3.8, 4) is 0 Å². The summed E-state index contributed by atoms with van der Waals surface area (Å²) in [4.78, 5) is 0. The largest absolute Gasteiger partial charge is 0.379 e. The van der Waals surface area contributed by atoms with Crippen molar-refractivity contribution in [3.05, 3.63) is 0 Å². The Morgan fingerprint density at radius 2 is 0.385 bits per heavy atom. The Morgan fingerprint density at radius 3 is 0.590 bits per heavy atom. The SMILES string of the molecule is CCCCCCCOCCOCCOCCOCCOCCOCCOCCOCCOCCCCCCC. The van der Waals surface area contributed by atoms with Crippen LogP contribution >= 0.6 is 0 Å². The fourth-order valence-electron chi connectivity index (χ4n) is 3.48. The van der Waals surface area contributed by atoms with Gasteiger partial charge in [0.15, 0.2) is 0 Å². The van der Waals surface area contributed by atoms with Gasteiger partial charge in [0.2, 0.25) is 0 Å². The van der Waals surface area contributed by atoms with E-state index in [1.807, 2.05) is 0 Å². The standard InChI is InChI=1S/C30H62O9/c1-3-5-7-9-11-13-31-15-17-33-19-21-35-23-25-37-27-29-39-30-28-38-26-24-36-22-20-34-18-16-32-14-12-10-8-6-4-2/h3-30H2,1-2H3. The van der Waals surface area contributed by atoms with Crippen molar-refractivity contribution in [2.24, 2.45) is 0 Å². The molecule has 0 aliphatic rings. The van der Waals surface area contributed by atoms with Gasteiger partial charge in [-0.05, 0) is 12.8 Å². The lowest BCUT2D eigenvalue weighted by atomic mass is 10.2. The summed E-state index contributed by atoms with van der Waals surface area (Å²) in [7, 11) is 0. The zero-order valence-corrected chi connectivity index (χ0v) is 25.5. The molecule has 0 radical (unpaired) electrons. The van der Waals surface area contributed by atoms with E-state index >= 15 is 0 Å². The van der Waals surface area contributed by atoms with E-state index < -0.39 is 0 Å². The molecule has 0 atom stereocenters. The predicted octanol–water partition coefficient (Wildman–Crippen LogP) is 5.08. The molecule has 0 aromatic rings. The Balaban J connectivity index is 3.01. The van der Waals surface area contributed by atoms with Crippen molar-refractivity contribution >= 4 is 0 Å². The third-order valence-corrected chi connectivity index (χ3v) is 5.76. The Kier molecular flexibility index (Phi) is 37.3. The Hall–Kier alpha value is -0.360. The highest BCUT2D eigenvalue weighted by Gasteiger charge is 1.96. The molecule has 0 heterocycles. The minimum Gasteiger partial charge on any atom is -0.379 e. The van der Waals surface area contributed by atoms with Gasteiger partial charge in [-0.3, -0.25) is 0 Å². The highest BCUT2D eigenvalue weighted by Crippen LogP contribution is 2.03. The van der Waals surface area contributed by atoms with E-state index in [0.717, 1.165) is 26.1 Å². The third kappa shape index (κ3) is 37.6. The molecule has 0 aliphatic heterocycles. The molecule has 9 nitrogen and oxygen atoms in total. The predicted molar refractivity (Wildman–Crippen MR) is 155 cm³/mol. The Morgan fingerprint density at radius 1 is 0.205 bits per heavy atom. The molecule has 0 rings (SSSR count). The van der Waals surface area contributed by atoms with Crippen LogP contribution in [0, 0.1) is 0 Å². The molecule has 0 bridgehead atoms. The van der Waals surface area contributed by atoms with Gasteiger partial charge in [-0.2, -0.15) is 0 Å². The summed E-state index contributed by atoms with van der Waals surface area (Å²) >= 11 is 0. The third-order valence-electron chi connectivity index (χ3n) is 5.76. The minimum absolute atomic E-state index is 0.543. The van der Waals surface area contributed by atoms with E-state index in [4.69, 9.17) is 42.6 Å². The lowest BCUT2D eigenvalue weighted by Gasteiger charge is -2.09. The second-order valence-electron chi connectivity index (χ2n) is 9.34. The van der Waals surface area contributed by atoms with Crippen molar-refractivity contribution < 1.29 is 42.6 Å². The van der Waals surface area contributed by atoms with Gasteiger partial charge in [0, 0.05) is 13.2 Å². The zero-order valence-electron chi connectivity index (χ0n) is 25.5. The molecule has 9 heteroatoms. The van der Waals surface area contributed by atoms with Gasteiger partial charge in [-0.15, -0.1) is 0 Å². The average molecular weight is 567 g/mol. The number of unbranched alkanes of at least 4 members (excludes halogenated alkanes) is 8. The molecule has 0 aromatic heterocycles. The quantitative estimate of drug-likeness (QED) is 0.0965. The Labute approximate surface area is 239 Å². The van der Waals surface area contributed by atoms with E-state index in [1.165, 1.54) is 51.4 Å². The summed E-state index contributed by atoms with van der Waals surface area (Å²) in [5.41, 5.74) is 0. The molecule has 0 aliphatic carbocycles. The summed E-state index contributed by atoms with van der Waals surface area (Å²) in [6.07, 6.45) is 12.6. The molecule has 0 amide bonds. The van der Waals surface area contributed by atoms with Crippen LogP contribution in [0.3, 0.4) is 0 Å². The molecule has 0 N–H and O–H groups in total. The van der Waals surface area contributed by atoms with Gasteiger partial charge < -0.3 is 42.6 Å². The normalized spacial score (nSPS) is 11.5. The first-order valence-corrected chi connectivity index (χ1v) is 15.6. The smallest absolute Gasteiger partial charge is 0.0701 e. The van der Waals surface area contributed by atoms with Gasteiger partial charge >= 0.3 is 0 Å². The zero-order chi connectivity index (χ0) is 28.2. The highest BCUT2D eigenvalue weighted by molar-refractivity contribution is 4.43. The molecule has 0 fully saturated rings. The number of rotatable bonds is 36. The van der Waals surface area contributed by atoms with Crippen LogP contribution in [0.5, 0.6) is 0 Å². The van der Waals surface area contributed by atoms with Gasteiger partial charge in [0.1, 0.15) is 0 Å². The molecule has 0 spiro atoms. The summed E-state index contributed by atoms with van der Waals surface area (Å²) in [6, 6.07) is 0.